The molecule has 0 fully saturated rings. The van der Waals surface area contributed by atoms with Gasteiger partial charge in [0.05, 0.1) is 12.2 Å². The molecular formula is C24H27ClN2O4. The van der Waals surface area contributed by atoms with Crippen LogP contribution in [0.3, 0.4) is 0 Å². The molecule has 0 radical (unpaired) electrons. The van der Waals surface area contributed by atoms with Crippen LogP contribution in [-0.4, -0.2) is 29.7 Å². The van der Waals surface area contributed by atoms with Gasteiger partial charge in [0.25, 0.3) is 0 Å². The predicted molar refractivity (Wildman–Crippen MR) is 119 cm³/mol. The van der Waals surface area contributed by atoms with Gasteiger partial charge in [0.15, 0.2) is 6.23 Å². The number of nitrogens with zero attached hydrogens (tertiary/aromatic N) is 1. The first-order chi connectivity index (χ1) is 14.8. The first kappa shape index (κ1) is 21.4. The van der Waals surface area contributed by atoms with E-state index in [-0.39, 0.29) is 12.3 Å². The predicted octanol–water partition coefficient (Wildman–Crippen LogP) is 5.39. The highest BCUT2D eigenvalue weighted by atomic mass is 35.5. The Morgan fingerprint density at radius 1 is 1.16 bits per heavy atom. The van der Waals surface area contributed by atoms with E-state index in [1.54, 1.807) is 4.90 Å². The van der Waals surface area contributed by atoms with Crippen LogP contribution in [0.15, 0.2) is 60.0 Å². The molecule has 1 unspecified atom stereocenters. The van der Waals surface area contributed by atoms with Crippen LogP contribution in [0.5, 0.6) is 5.75 Å². The number of carbonyl (C=O) groups is 1. The topological polar surface area (TPSA) is 60.0 Å². The van der Waals surface area contributed by atoms with Crippen molar-refractivity contribution in [2.45, 2.75) is 45.6 Å². The second kappa shape index (κ2) is 8.71. The molecule has 2 aliphatic heterocycles. The molecule has 2 aliphatic rings. The number of hydrogen-bond donors (Lipinski definition) is 1. The van der Waals surface area contributed by atoms with E-state index in [4.69, 9.17) is 25.8 Å². The Morgan fingerprint density at radius 3 is 2.55 bits per heavy atom. The second-order valence-electron chi connectivity index (χ2n) is 8.68. The molecule has 1 amide bonds. The zero-order valence-corrected chi connectivity index (χ0v) is 18.7. The molecule has 0 aliphatic carbocycles. The molecule has 0 spiro atoms. The Labute approximate surface area is 187 Å². The van der Waals surface area contributed by atoms with Gasteiger partial charge >= 0.3 is 6.09 Å². The molecular weight excluding hydrogens is 416 g/mol. The summed E-state index contributed by atoms with van der Waals surface area (Å²) >= 11 is 5.91. The third kappa shape index (κ3) is 5.44. The largest absolute Gasteiger partial charge is 0.489 e. The number of hydrogen-bond acceptors (Lipinski definition) is 5. The summed E-state index contributed by atoms with van der Waals surface area (Å²) in [5.41, 5.74) is 2.48. The summed E-state index contributed by atoms with van der Waals surface area (Å²) in [4.78, 5) is 14.1. The van der Waals surface area contributed by atoms with E-state index in [1.165, 1.54) is 0 Å². The van der Waals surface area contributed by atoms with Gasteiger partial charge in [-0.1, -0.05) is 23.7 Å². The Bertz CT molecular complexity index is 965. The maximum atomic E-state index is 12.4. The van der Waals surface area contributed by atoms with E-state index < -0.39 is 5.60 Å². The summed E-state index contributed by atoms with van der Waals surface area (Å²) in [6.45, 7) is 7.13. The fraction of sp³-hybridized carbons (Fsp3) is 0.375. The highest BCUT2D eigenvalue weighted by molar-refractivity contribution is 6.30. The third-order valence-electron chi connectivity index (χ3n) is 5.01. The molecule has 6 nitrogen and oxygen atoms in total. The average Bonchev–Trinajstić information content (AvgIpc) is 3.16. The summed E-state index contributed by atoms with van der Waals surface area (Å²) < 4.78 is 17.4. The van der Waals surface area contributed by atoms with Gasteiger partial charge in [-0.25, -0.2) is 4.79 Å². The van der Waals surface area contributed by atoms with E-state index in [1.807, 2.05) is 69.3 Å². The number of nitrogens with one attached hydrogen (secondary N) is 1. The van der Waals surface area contributed by atoms with E-state index in [0.29, 0.717) is 31.1 Å². The molecule has 7 heteroatoms. The van der Waals surface area contributed by atoms with Gasteiger partial charge in [-0.3, -0.25) is 0 Å². The van der Waals surface area contributed by atoms with Crippen LogP contribution in [0.4, 0.5) is 4.79 Å². The Kier molecular flexibility index (Phi) is 6.01. The molecule has 2 heterocycles. The van der Waals surface area contributed by atoms with Crippen LogP contribution in [0, 0.1) is 0 Å². The summed E-state index contributed by atoms with van der Waals surface area (Å²) in [6, 6.07) is 15.4. The third-order valence-corrected chi connectivity index (χ3v) is 5.27. The summed E-state index contributed by atoms with van der Waals surface area (Å²) in [5, 5.41) is 4.10. The van der Waals surface area contributed by atoms with Gasteiger partial charge < -0.3 is 24.4 Å². The normalized spacial score (nSPS) is 18.2. The molecule has 1 N–H and O–H groups in total. The van der Waals surface area contributed by atoms with Gasteiger partial charge in [-0.15, -0.1) is 0 Å². The quantitative estimate of drug-likeness (QED) is 0.687. The lowest BCUT2D eigenvalue weighted by atomic mass is 10.2. The minimum absolute atomic E-state index is 0.270. The Morgan fingerprint density at radius 2 is 1.87 bits per heavy atom. The number of amides is 1. The standard InChI is InChI=1S/C24H27ClN2O4/c1-24(2,3)31-23(28)27-13-12-21-20(14-27)26-22(30-21)17-6-10-19(11-7-17)29-15-16-4-8-18(25)9-5-16/h4-11,22,26H,12-15H2,1-3H3. The summed E-state index contributed by atoms with van der Waals surface area (Å²) in [6.07, 6.45) is 0.0979. The lowest BCUT2D eigenvalue weighted by Gasteiger charge is -2.29. The lowest BCUT2D eigenvalue weighted by molar-refractivity contribution is 0.0248. The lowest BCUT2D eigenvalue weighted by Crippen LogP contribution is -2.41. The van der Waals surface area contributed by atoms with Crippen LogP contribution < -0.4 is 10.1 Å². The maximum Gasteiger partial charge on any atom is 0.410 e. The molecule has 2 aromatic rings. The van der Waals surface area contributed by atoms with Gasteiger partial charge in [-0.05, 0) is 62.7 Å². The monoisotopic (exact) mass is 442 g/mol. The first-order valence-electron chi connectivity index (χ1n) is 10.4. The molecule has 0 aromatic heterocycles. The summed E-state index contributed by atoms with van der Waals surface area (Å²) in [7, 11) is 0. The van der Waals surface area contributed by atoms with Gasteiger partial charge in [0.2, 0.25) is 0 Å². The van der Waals surface area contributed by atoms with Crippen molar-refractivity contribution < 1.29 is 19.0 Å². The van der Waals surface area contributed by atoms with Gasteiger partial charge in [0, 0.05) is 23.6 Å². The Hall–Kier alpha value is -2.86. The van der Waals surface area contributed by atoms with Crippen molar-refractivity contribution in [3.8, 4) is 5.75 Å². The van der Waals surface area contributed by atoms with Crippen molar-refractivity contribution in [2.24, 2.45) is 0 Å². The zero-order valence-electron chi connectivity index (χ0n) is 18.0. The molecule has 164 valence electrons. The summed E-state index contributed by atoms with van der Waals surface area (Å²) in [5.74, 6) is 1.69. The van der Waals surface area contributed by atoms with Crippen molar-refractivity contribution in [3.63, 3.8) is 0 Å². The minimum Gasteiger partial charge on any atom is -0.489 e. The molecule has 2 aromatic carbocycles. The van der Waals surface area contributed by atoms with E-state index in [9.17, 15) is 4.79 Å². The zero-order chi connectivity index (χ0) is 22.0. The average molecular weight is 443 g/mol. The second-order valence-corrected chi connectivity index (χ2v) is 9.12. The van der Waals surface area contributed by atoms with Crippen molar-refractivity contribution in [3.05, 3.63) is 76.1 Å². The van der Waals surface area contributed by atoms with Crippen LogP contribution in [-0.2, 0) is 16.1 Å². The molecule has 4 rings (SSSR count). The van der Waals surface area contributed by atoms with Crippen LogP contribution >= 0.6 is 11.6 Å². The fourth-order valence-corrected chi connectivity index (χ4v) is 3.58. The minimum atomic E-state index is -0.509. The number of ether oxygens (including phenoxy) is 3. The number of carbonyl (C=O) groups excluding carboxylic acids is 1. The number of rotatable bonds is 4. The smallest absolute Gasteiger partial charge is 0.410 e. The van der Waals surface area contributed by atoms with Crippen LogP contribution in [0.25, 0.3) is 0 Å². The van der Waals surface area contributed by atoms with Crippen LogP contribution in [0.2, 0.25) is 5.02 Å². The van der Waals surface area contributed by atoms with E-state index in [0.717, 1.165) is 28.3 Å². The van der Waals surface area contributed by atoms with Crippen molar-refractivity contribution in [1.82, 2.24) is 10.2 Å². The van der Waals surface area contributed by atoms with Crippen molar-refractivity contribution >= 4 is 17.7 Å². The number of benzene rings is 2. The van der Waals surface area contributed by atoms with Crippen molar-refractivity contribution in [1.29, 1.82) is 0 Å². The van der Waals surface area contributed by atoms with Crippen LogP contribution in [0.1, 0.15) is 44.5 Å². The van der Waals surface area contributed by atoms with Gasteiger partial charge in [0.1, 0.15) is 23.7 Å². The first-order valence-corrected chi connectivity index (χ1v) is 10.7. The molecule has 0 bridgehead atoms. The fourth-order valence-electron chi connectivity index (χ4n) is 3.45. The SMILES string of the molecule is CC(C)(C)OC(=O)N1CCC2=C(C1)NC(c1ccc(OCc3ccc(Cl)cc3)cc1)O2. The number of halogens is 1. The highest BCUT2D eigenvalue weighted by Crippen LogP contribution is 2.33. The van der Waals surface area contributed by atoms with Crippen molar-refractivity contribution in [2.75, 3.05) is 13.1 Å². The Balaban J connectivity index is 1.31. The van der Waals surface area contributed by atoms with E-state index in [2.05, 4.69) is 5.32 Å². The highest BCUT2D eigenvalue weighted by Gasteiger charge is 2.33. The molecule has 0 saturated heterocycles. The molecule has 31 heavy (non-hydrogen) atoms. The molecule has 0 saturated carbocycles. The van der Waals surface area contributed by atoms with E-state index >= 15 is 0 Å². The maximum absolute atomic E-state index is 12.4. The molecule has 1 atom stereocenters. The van der Waals surface area contributed by atoms with Gasteiger partial charge in [-0.2, -0.15) is 0 Å².